The predicted octanol–water partition coefficient (Wildman–Crippen LogP) is 4.54. The molecule has 0 saturated heterocycles. The van der Waals surface area contributed by atoms with Crippen molar-refractivity contribution < 1.29 is 9.90 Å². The summed E-state index contributed by atoms with van der Waals surface area (Å²) in [6.07, 6.45) is 2.55. The lowest BCUT2D eigenvalue weighted by Crippen LogP contribution is -2.19. The van der Waals surface area contributed by atoms with Crippen LogP contribution in [0.3, 0.4) is 0 Å². The number of pyridine rings is 1. The highest BCUT2D eigenvalue weighted by Crippen LogP contribution is 2.38. The maximum atomic E-state index is 13.3. The highest BCUT2D eigenvalue weighted by atomic mass is 16.3. The Bertz CT molecular complexity index is 1930. The van der Waals surface area contributed by atoms with Crippen molar-refractivity contribution in [3.05, 3.63) is 100 Å². The smallest absolute Gasteiger partial charge is 0.269 e. The molecule has 3 heterocycles. The van der Waals surface area contributed by atoms with Gasteiger partial charge in [-0.2, -0.15) is 0 Å². The summed E-state index contributed by atoms with van der Waals surface area (Å²) in [5, 5.41) is 12.3. The minimum atomic E-state index is -0.642. The van der Waals surface area contributed by atoms with Gasteiger partial charge in [0.25, 0.3) is 11.5 Å². The van der Waals surface area contributed by atoms with E-state index in [1.165, 1.54) is 0 Å². The zero-order valence-electron chi connectivity index (χ0n) is 20.2. The molecule has 0 aliphatic heterocycles. The molecule has 4 N–H and O–H groups in total. The van der Waals surface area contributed by atoms with Crippen molar-refractivity contribution in [2.75, 3.05) is 0 Å². The first kappa shape index (κ1) is 22.6. The molecule has 37 heavy (non-hydrogen) atoms. The third-order valence-electron chi connectivity index (χ3n) is 6.89. The number of nitrogens with zero attached hydrogens (tertiary/aromatic N) is 3. The molecule has 0 spiro atoms. The number of amides is 1. The maximum absolute atomic E-state index is 13.3. The lowest BCUT2D eigenvalue weighted by Gasteiger charge is -2.15. The summed E-state index contributed by atoms with van der Waals surface area (Å²) >= 11 is 0. The summed E-state index contributed by atoms with van der Waals surface area (Å²) in [6, 6.07) is 18.6. The van der Waals surface area contributed by atoms with E-state index in [1.807, 2.05) is 61.5 Å². The molecule has 6 aromatic rings. The van der Waals surface area contributed by atoms with E-state index in [0.29, 0.717) is 22.1 Å². The normalized spacial score (nSPS) is 12.4. The van der Waals surface area contributed by atoms with E-state index in [-0.39, 0.29) is 11.3 Å². The number of nitrogens with one attached hydrogen (secondary N) is 1. The SMILES string of the molecule is Cc1c(-c2cnc(C(N)=O)c3[nH]c4cc(C(C)O)ccc4c23)cccc1-n1cnc2ccccc2c1=O. The van der Waals surface area contributed by atoms with Crippen molar-refractivity contribution in [2.45, 2.75) is 20.0 Å². The average molecular weight is 490 g/mol. The Kier molecular flexibility index (Phi) is 5.13. The quantitative estimate of drug-likeness (QED) is 0.335. The number of para-hydroxylation sites is 1. The molecule has 0 radical (unpaired) electrons. The van der Waals surface area contributed by atoms with E-state index in [0.717, 1.165) is 38.5 Å². The number of rotatable bonds is 4. The van der Waals surface area contributed by atoms with Crippen LogP contribution in [0, 0.1) is 6.92 Å². The van der Waals surface area contributed by atoms with Gasteiger partial charge in [-0.25, -0.2) is 9.97 Å². The second-order valence-electron chi connectivity index (χ2n) is 9.13. The molecule has 1 atom stereocenters. The highest BCUT2D eigenvalue weighted by Gasteiger charge is 2.20. The fourth-order valence-corrected chi connectivity index (χ4v) is 5.00. The van der Waals surface area contributed by atoms with Crippen molar-refractivity contribution in [3.8, 4) is 16.8 Å². The monoisotopic (exact) mass is 489 g/mol. The number of aliphatic hydroxyl groups is 1. The Balaban J connectivity index is 1.64. The van der Waals surface area contributed by atoms with E-state index < -0.39 is 12.0 Å². The van der Waals surface area contributed by atoms with Crippen LogP contribution in [0.2, 0.25) is 0 Å². The van der Waals surface area contributed by atoms with E-state index in [4.69, 9.17) is 5.73 Å². The molecule has 6 rings (SSSR count). The number of benzene rings is 3. The molecular weight excluding hydrogens is 466 g/mol. The van der Waals surface area contributed by atoms with Crippen molar-refractivity contribution in [1.29, 1.82) is 0 Å². The standard InChI is InChI=1S/C29H23N5O3/c1-15-18(7-5-9-24(15)34-14-32-22-8-4-3-6-20(22)29(34)37)21-13-31-27(28(30)36)26-25(21)19-11-10-17(16(2)35)12-23(19)33-26/h3-14,16,33,35H,1-2H3,(H2,30,36). The zero-order valence-corrected chi connectivity index (χ0v) is 20.2. The van der Waals surface area contributed by atoms with Gasteiger partial charge in [0, 0.05) is 28.0 Å². The van der Waals surface area contributed by atoms with Gasteiger partial charge in [-0.15, -0.1) is 0 Å². The number of H-pyrrole nitrogens is 1. The molecule has 0 bridgehead atoms. The Morgan fingerprint density at radius 1 is 1.03 bits per heavy atom. The van der Waals surface area contributed by atoms with E-state index in [2.05, 4.69) is 15.0 Å². The second kappa shape index (κ2) is 8.39. The van der Waals surface area contributed by atoms with Crippen LogP contribution in [0.25, 0.3) is 49.5 Å². The number of hydrogen-bond donors (Lipinski definition) is 3. The van der Waals surface area contributed by atoms with Crippen LogP contribution >= 0.6 is 0 Å². The Morgan fingerprint density at radius 2 is 1.84 bits per heavy atom. The van der Waals surface area contributed by atoms with Crippen LogP contribution in [0.15, 0.2) is 78.0 Å². The molecule has 3 aromatic carbocycles. The van der Waals surface area contributed by atoms with Gasteiger partial charge < -0.3 is 15.8 Å². The van der Waals surface area contributed by atoms with Crippen LogP contribution in [0.1, 0.15) is 34.6 Å². The Labute approximate surface area is 211 Å². The first-order chi connectivity index (χ1) is 17.8. The van der Waals surface area contributed by atoms with Gasteiger partial charge in [0.2, 0.25) is 0 Å². The fraction of sp³-hybridized carbons (Fsp3) is 0.103. The number of nitrogens with two attached hydrogens (primary N) is 1. The largest absolute Gasteiger partial charge is 0.389 e. The average Bonchev–Trinajstić information content (AvgIpc) is 3.28. The van der Waals surface area contributed by atoms with Gasteiger partial charge in [0.05, 0.1) is 28.2 Å². The summed E-state index contributed by atoms with van der Waals surface area (Å²) in [6.45, 7) is 3.64. The summed E-state index contributed by atoms with van der Waals surface area (Å²) in [4.78, 5) is 37.7. The number of aromatic nitrogens is 4. The summed E-state index contributed by atoms with van der Waals surface area (Å²) in [5.74, 6) is -0.641. The second-order valence-corrected chi connectivity index (χ2v) is 9.13. The van der Waals surface area contributed by atoms with Crippen LogP contribution in [0.5, 0.6) is 0 Å². The molecule has 1 unspecified atom stereocenters. The van der Waals surface area contributed by atoms with Gasteiger partial charge >= 0.3 is 0 Å². The van der Waals surface area contributed by atoms with Gasteiger partial charge in [-0.1, -0.05) is 36.4 Å². The highest BCUT2D eigenvalue weighted by molar-refractivity contribution is 6.19. The van der Waals surface area contributed by atoms with Crippen molar-refractivity contribution in [1.82, 2.24) is 19.5 Å². The summed E-state index contributed by atoms with van der Waals surface area (Å²) < 4.78 is 1.55. The van der Waals surface area contributed by atoms with Crippen molar-refractivity contribution >= 4 is 38.6 Å². The first-order valence-electron chi connectivity index (χ1n) is 11.8. The van der Waals surface area contributed by atoms with Gasteiger partial charge in [0.15, 0.2) is 5.69 Å². The maximum Gasteiger partial charge on any atom is 0.269 e. The fourth-order valence-electron chi connectivity index (χ4n) is 5.00. The van der Waals surface area contributed by atoms with Crippen LogP contribution in [0.4, 0.5) is 0 Å². The zero-order chi connectivity index (χ0) is 25.8. The summed E-state index contributed by atoms with van der Waals surface area (Å²) in [5.41, 5.74) is 11.5. The minimum Gasteiger partial charge on any atom is -0.389 e. The molecule has 0 saturated carbocycles. The number of hydrogen-bond acceptors (Lipinski definition) is 5. The summed E-state index contributed by atoms with van der Waals surface area (Å²) in [7, 11) is 0. The lowest BCUT2D eigenvalue weighted by atomic mass is 9.95. The lowest BCUT2D eigenvalue weighted by molar-refractivity contribution is 0.0997. The molecule has 1 amide bonds. The molecular formula is C29H23N5O3. The van der Waals surface area contributed by atoms with E-state index in [9.17, 15) is 14.7 Å². The number of aliphatic hydroxyl groups excluding tert-OH is 1. The molecule has 0 aliphatic rings. The number of carbonyl (C=O) groups excluding carboxylic acids is 1. The number of primary amides is 1. The van der Waals surface area contributed by atoms with E-state index in [1.54, 1.807) is 30.1 Å². The molecule has 0 fully saturated rings. The third-order valence-corrected chi connectivity index (χ3v) is 6.89. The minimum absolute atomic E-state index is 0.136. The third kappa shape index (κ3) is 3.49. The Morgan fingerprint density at radius 3 is 2.62 bits per heavy atom. The number of aromatic amines is 1. The van der Waals surface area contributed by atoms with Crippen LogP contribution in [-0.4, -0.2) is 30.5 Å². The van der Waals surface area contributed by atoms with Gasteiger partial charge in [-0.05, 0) is 54.8 Å². The predicted molar refractivity (Wildman–Crippen MR) is 144 cm³/mol. The Hall–Kier alpha value is -4.82. The molecule has 3 aromatic heterocycles. The first-order valence-corrected chi connectivity index (χ1v) is 11.8. The van der Waals surface area contributed by atoms with Gasteiger partial charge in [-0.3, -0.25) is 14.2 Å². The van der Waals surface area contributed by atoms with Crippen molar-refractivity contribution in [3.63, 3.8) is 0 Å². The van der Waals surface area contributed by atoms with Gasteiger partial charge in [0.1, 0.15) is 6.33 Å². The number of fused-ring (bicyclic) bond motifs is 4. The van der Waals surface area contributed by atoms with Crippen LogP contribution in [-0.2, 0) is 0 Å². The molecule has 8 heteroatoms. The molecule has 0 aliphatic carbocycles. The molecule has 8 nitrogen and oxygen atoms in total. The van der Waals surface area contributed by atoms with Crippen molar-refractivity contribution in [2.24, 2.45) is 5.73 Å². The topological polar surface area (TPSA) is 127 Å². The molecule has 182 valence electrons. The van der Waals surface area contributed by atoms with E-state index >= 15 is 0 Å². The van der Waals surface area contributed by atoms with Crippen LogP contribution < -0.4 is 11.3 Å². The number of carbonyl (C=O) groups is 1.